The van der Waals surface area contributed by atoms with Gasteiger partial charge in [0.1, 0.15) is 6.10 Å². The molecule has 0 spiro atoms. The summed E-state index contributed by atoms with van der Waals surface area (Å²) < 4.78 is 14.3. The summed E-state index contributed by atoms with van der Waals surface area (Å²) in [6.07, 6.45) is 2.75. The molecule has 1 unspecified atom stereocenters. The number of carbonyl (C=O) groups is 2. The lowest BCUT2D eigenvalue weighted by molar-refractivity contribution is -0.140. The first-order valence-electron chi connectivity index (χ1n) is 5.30. The summed E-state index contributed by atoms with van der Waals surface area (Å²) in [5.74, 6) is -0.420. The smallest absolute Gasteiger partial charge is 0.463 e. The fourth-order valence-corrected chi connectivity index (χ4v) is 1.56. The molecule has 0 aromatic rings. The quantitative estimate of drug-likeness (QED) is 0.689. The van der Waals surface area contributed by atoms with E-state index in [1.165, 1.54) is 7.11 Å². The second-order valence-electron chi connectivity index (χ2n) is 3.37. The average Bonchev–Trinajstić information content (AvgIpc) is 2.30. The highest BCUT2D eigenvalue weighted by molar-refractivity contribution is 5.90. The highest BCUT2D eigenvalue weighted by Crippen LogP contribution is 2.22. The van der Waals surface area contributed by atoms with Crippen molar-refractivity contribution in [3.05, 3.63) is 11.6 Å². The Hall–Kier alpha value is -1.52. The summed E-state index contributed by atoms with van der Waals surface area (Å²) in [4.78, 5) is 22.5. The number of allylic oxidation sites excluding steroid dienone is 1. The van der Waals surface area contributed by atoms with Crippen LogP contribution in [-0.2, 0) is 19.0 Å². The second kappa shape index (κ2) is 6.15. The first-order valence-corrected chi connectivity index (χ1v) is 5.30. The van der Waals surface area contributed by atoms with Gasteiger partial charge in [-0.05, 0) is 26.2 Å². The van der Waals surface area contributed by atoms with Crippen LogP contribution in [0.15, 0.2) is 11.6 Å². The molecule has 0 amide bonds. The van der Waals surface area contributed by atoms with E-state index < -0.39 is 18.2 Å². The van der Waals surface area contributed by atoms with Crippen molar-refractivity contribution < 1.29 is 23.8 Å². The minimum Gasteiger partial charge on any atom is -0.463 e. The van der Waals surface area contributed by atoms with Gasteiger partial charge in [-0.2, -0.15) is 0 Å². The molecule has 1 aliphatic carbocycles. The average molecular weight is 228 g/mol. The molecule has 0 heterocycles. The number of esters is 1. The molecule has 0 saturated heterocycles. The Morgan fingerprint density at radius 2 is 2.25 bits per heavy atom. The predicted octanol–water partition coefficient (Wildman–Crippen LogP) is 1.81. The minimum absolute atomic E-state index is 0.307. The molecule has 0 aromatic heterocycles. The van der Waals surface area contributed by atoms with Gasteiger partial charge in [0.25, 0.3) is 0 Å². The molecule has 0 saturated carbocycles. The largest absolute Gasteiger partial charge is 0.508 e. The second-order valence-corrected chi connectivity index (χ2v) is 3.37. The zero-order valence-electron chi connectivity index (χ0n) is 9.52. The van der Waals surface area contributed by atoms with Crippen molar-refractivity contribution in [3.63, 3.8) is 0 Å². The minimum atomic E-state index is -0.776. The van der Waals surface area contributed by atoms with Gasteiger partial charge in [-0.15, -0.1) is 0 Å². The Kier molecular flexibility index (Phi) is 4.82. The lowest BCUT2D eigenvalue weighted by Crippen LogP contribution is -2.28. The SMILES string of the molecule is CCOC(=O)C1=CCCCC1OC(=O)OC. The van der Waals surface area contributed by atoms with Crippen LogP contribution in [-0.4, -0.2) is 31.9 Å². The van der Waals surface area contributed by atoms with Gasteiger partial charge in [-0.3, -0.25) is 0 Å². The number of rotatable bonds is 3. The number of ether oxygens (including phenoxy) is 3. The van der Waals surface area contributed by atoms with Crippen LogP contribution in [0, 0.1) is 0 Å². The van der Waals surface area contributed by atoms with Gasteiger partial charge >= 0.3 is 12.1 Å². The Morgan fingerprint density at radius 1 is 1.50 bits per heavy atom. The van der Waals surface area contributed by atoms with Crippen LogP contribution < -0.4 is 0 Å². The van der Waals surface area contributed by atoms with Gasteiger partial charge in [-0.1, -0.05) is 6.08 Å². The number of methoxy groups -OCH3 is 1. The Morgan fingerprint density at radius 3 is 2.88 bits per heavy atom. The predicted molar refractivity (Wildman–Crippen MR) is 55.8 cm³/mol. The highest BCUT2D eigenvalue weighted by atomic mass is 16.7. The molecule has 0 N–H and O–H groups in total. The third kappa shape index (κ3) is 3.25. The summed E-state index contributed by atoms with van der Waals surface area (Å²) in [7, 11) is 1.24. The molecule has 1 aliphatic rings. The maximum Gasteiger partial charge on any atom is 0.508 e. The molecule has 0 aliphatic heterocycles. The van der Waals surface area contributed by atoms with Gasteiger partial charge in [0.2, 0.25) is 0 Å². The van der Waals surface area contributed by atoms with Crippen LogP contribution in [0.4, 0.5) is 4.79 Å². The summed E-state index contributed by atoms with van der Waals surface area (Å²) >= 11 is 0. The topological polar surface area (TPSA) is 61.8 Å². The van der Waals surface area contributed by atoms with E-state index in [-0.39, 0.29) is 0 Å². The Balaban J connectivity index is 2.66. The van der Waals surface area contributed by atoms with Crippen LogP contribution in [0.5, 0.6) is 0 Å². The Labute approximate surface area is 94.4 Å². The highest BCUT2D eigenvalue weighted by Gasteiger charge is 2.27. The number of hydrogen-bond donors (Lipinski definition) is 0. The molecule has 0 radical (unpaired) electrons. The van der Waals surface area contributed by atoms with Crippen molar-refractivity contribution in [2.45, 2.75) is 32.3 Å². The van der Waals surface area contributed by atoms with Gasteiger partial charge in [0.15, 0.2) is 0 Å². The van der Waals surface area contributed by atoms with E-state index in [9.17, 15) is 9.59 Å². The van der Waals surface area contributed by atoms with E-state index in [1.807, 2.05) is 0 Å². The third-order valence-electron chi connectivity index (χ3n) is 2.30. The molecule has 5 heteroatoms. The van der Waals surface area contributed by atoms with Crippen LogP contribution in [0.2, 0.25) is 0 Å². The van der Waals surface area contributed by atoms with E-state index in [0.29, 0.717) is 18.6 Å². The fourth-order valence-electron chi connectivity index (χ4n) is 1.56. The van der Waals surface area contributed by atoms with E-state index >= 15 is 0 Å². The van der Waals surface area contributed by atoms with Crippen molar-refractivity contribution in [2.24, 2.45) is 0 Å². The zero-order chi connectivity index (χ0) is 12.0. The molecule has 0 fully saturated rings. The van der Waals surface area contributed by atoms with Crippen LogP contribution in [0.25, 0.3) is 0 Å². The normalized spacial score (nSPS) is 19.6. The van der Waals surface area contributed by atoms with Crippen molar-refractivity contribution >= 4 is 12.1 Å². The molecule has 1 rings (SSSR count). The number of carbonyl (C=O) groups excluding carboxylic acids is 2. The number of hydrogen-bond acceptors (Lipinski definition) is 5. The molecule has 5 nitrogen and oxygen atoms in total. The fraction of sp³-hybridized carbons (Fsp3) is 0.636. The first kappa shape index (κ1) is 12.5. The molecule has 0 bridgehead atoms. The molecule has 16 heavy (non-hydrogen) atoms. The van der Waals surface area contributed by atoms with Gasteiger partial charge < -0.3 is 14.2 Å². The van der Waals surface area contributed by atoms with E-state index in [2.05, 4.69) is 4.74 Å². The summed E-state index contributed by atoms with van der Waals surface area (Å²) in [5, 5.41) is 0. The summed E-state index contributed by atoms with van der Waals surface area (Å²) in [6, 6.07) is 0. The maximum absolute atomic E-state index is 11.6. The third-order valence-corrected chi connectivity index (χ3v) is 2.30. The van der Waals surface area contributed by atoms with E-state index in [1.54, 1.807) is 13.0 Å². The summed E-state index contributed by atoms with van der Waals surface area (Å²) in [5.41, 5.74) is 0.415. The summed E-state index contributed by atoms with van der Waals surface area (Å²) in [6.45, 7) is 2.04. The van der Waals surface area contributed by atoms with Crippen molar-refractivity contribution in [3.8, 4) is 0 Å². The molecule has 1 atom stereocenters. The van der Waals surface area contributed by atoms with Gasteiger partial charge in [0, 0.05) is 0 Å². The lowest BCUT2D eigenvalue weighted by atomic mass is 9.96. The van der Waals surface area contributed by atoms with Crippen molar-refractivity contribution in [1.82, 2.24) is 0 Å². The lowest BCUT2D eigenvalue weighted by Gasteiger charge is -2.22. The molecular weight excluding hydrogens is 212 g/mol. The van der Waals surface area contributed by atoms with Gasteiger partial charge in [0.05, 0.1) is 19.3 Å². The molecule has 0 aromatic carbocycles. The first-order chi connectivity index (χ1) is 7.69. The van der Waals surface area contributed by atoms with Crippen LogP contribution in [0.1, 0.15) is 26.2 Å². The molecular formula is C11H16O5. The van der Waals surface area contributed by atoms with Crippen LogP contribution >= 0.6 is 0 Å². The van der Waals surface area contributed by atoms with E-state index in [0.717, 1.165) is 12.8 Å². The standard InChI is InChI=1S/C11H16O5/c1-3-15-10(12)8-6-4-5-7-9(8)16-11(13)14-2/h6,9H,3-5,7H2,1-2H3. The van der Waals surface area contributed by atoms with Crippen molar-refractivity contribution in [1.29, 1.82) is 0 Å². The van der Waals surface area contributed by atoms with Crippen LogP contribution in [0.3, 0.4) is 0 Å². The van der Waals surface area contributed by atoms with Crippen molar-refractivity contribution in [2.75, 3.05) is 13.7 Å². The van der Waals surface area contributed by atoms with Gasteiger partial charge in [-0.25, -0.2) is 9.59 Å². The Bertz CT molecular complexity index is 295. The monoisotopic (exact) mass is 228 g/mol. The zero-order valence-corrected chi connectivity index (χ0v) is 9.52. The van der Waals surface area contributed by atoms with E-state index in [4.69, 9.17) is 9.47 Å². The maximum atomic E-state index is 11.6. The molecule has 90 valence electrons.